The maximum atomic E-state index is 10.6. The number of benzene rings is 2. The molecule has 1 N–H and O–H groups in total. The Bertz CT molecular complexity index is 636. The van der Waals surface area contributed by atoms with Crippen LogP contribution in [-0.4, -0.2) is 10.0 Å². The van der Waals surface area contributed by atoms with Gasteiger partial charge in [-0.05, 0) is 35.4 Å². The van der Waals surface area contributed by atoms with Crippen LogP contribution in [-0.2, 0) is 13.2 Å². The predicted molar refractivity (Wildman–Crippen MR) is 79.8 cm³/mol. The van der Waals surface area contributed by atoms with Crippen molar-refractivity contribution in [3.05, 3.63) is 67.7 Å². The maximum absolute atomic E-state index is 10.6. The summed E-state index contributed by atoms with van der Waals surface area (Å²) in [7, 11) is 0. The van der Waals surface area contributed by atoms with Crippen molar-refractivity contribution >= 4 is 28.9 Å². The fraction of sp³-hybridized carbons (Fsp3) is 0.143. The molecule has 7 heteroatoms. The van der Waals surface area contributed by atoms with Crippen LogP contribution in [0.4, 0.5) is 5.69 Å². The zero-order valence-electron chi connectivity index (χ0n) is 10.8. The number of nitrogens with zero attached hydrogens (tertiary/aromatic N) is 1. The number of halogens is 2. The van der Waals surface area contributed by atoms with Gasteiger partial charge >= 0.3 is 0 Å². The molecule has 0 aromatic heterocycles. The van der Waals surface area contributed by atoms with Gasteiger partial charge in [-0.25, -0.2) is 0 Å². The topological polar surface area (TPSA) is 72.6 Å². The minimum atomic E-state index is -0.466. The molecule has 0 aliphatic rings. The largest absolute Gasteiger partial charge is 0.486 e. The summed E-state index contributed by atoms with van der Waals surface area (Å²) in [5.41, 5.74) is 1.36. The molecular formula is C14H11Cl2NO4. The molecule has 0 aliphatic heterocycles. The molecule has 0 unspecified atom stereocenters. The lowest BCUT2D eigenvalue weighted by molar-refractivity contribution is -0.384. The first-order valence-corrected chi connectivity index (χ1v) is 6.71. The van der Waals surface area contributed by atoms with Crippen molar-refractivity contribution in [3.8, 4) is 5.75 Å². The van der Waals surface area contributed by atoms with Crippen molar-refractivity contribution in [1.82, 2.24) is 0 Å². The van der Waals surface area contributed by atoms with Crippen molar-refractivity contribution in [3.63, 3.8) is 0 Å². The Morgan fingerprint density at radius 3 is 2.14 bits per heavy atom. The van der Waals surface area contributed by atoms with E-state index in [1.165, 1.54) is 12.1 Å². The van der Waals surface area contributed by atoms with Crippen LogP contribution in [0.1, 0.15) is 11.1 Å². The fourth-order valence-electron chi connectivity index (χ4n) is 1.71. The summed E-state index contributed by atoms with van der Waals surface area (Å²) in [5, 5.41) is 20.2. The van der Waals surface area contributed by atoms with E-state index in [-0.39, 0.29) is 18.9 Å². The Morgan fingerprint density at radius 1 is 1.10 bits per heavy atom. The number of nitro groups is 1. The summed E-state index contributed by atoms with van der Waals surface area (Å²) in [6, 6.07) is 9.13. The minimum Gasteiger partial charge on any atom is -0.486 e. The first kappa shape index (κ1) is 15.6. The van der Waals surface area contributed by atoms with E-state index >= 15 is 0 Å². The van der Waals surface area contributed by atoms with E-state index < -0.39 is 4.92 Å². The van der Waals surface area contributed by atoms with Gasteiger partial charge in [-0.3, -0.25) is 10.1 Å². The third kappa shape index (κ3) is 3.85. The molecule has 0 bridgehead atoms. The second-order valence-corrected chi connectivity index (χ2v) is 5.07. The molecule has 110 valence electrons. The predicted octanol–water partition coefficient (Wildman–Crippen LogP) is 3.97. The quantitative estimate of drug-likeness (QED) is 0.666. The fourth-order valence-corrected chi connectivity index (χ4v) is 2.35. The molecule has 2 aromatic carbocycles. The van der Waals surface area contributed by atoms with Crippen LogP contribution in [0.25, 0.3) is 0 Å². The van der Waals surface area contributed by atoms with Crippen LogP contribution in [0.5, 0.6) is 5.75 Å². The normalized spacial score (nSPS) is 10.4. The number of hydrogen-bond donors (Lipinski definition) is 1. The Balaban J connectivity index is 2.11. The van der Waals surface area contributed by atoms with Crippen molar-refractivity contribution in [2.24, 2.45) is 0 Å². The van der Waals surface area contributed by atoms with E-state index in [1.54, 1.807) is 24.3 Å². The van der Waals surface area contributed by atoms with Gasteiger partial charge in [0.15, 0.2) is 5.75 Å². The monoisotopic (exact) mass is 327 g/mol. The Hall–Kier alpha value is -1.82. The van der Waals surface area contributed by atoms with Crippen LogP contribution in [0.2, 0.25) is 10.0 Å². The van der Waals surface area contributed by atoms with Gasteiger partial charge in [0, 0.05) is 12.1 Å². The second-order valence-electron chi connectivity index (χ2n) is 4.26. The summed E-state index contributed by atoms with van der Waals surface area (Å²) < 4.78 is 5.54. The molecule has 2 aromatic rings. The summed E-state index contributed by atoms with van der Waals surface area (Å²) in [6.07, 6.45) is 0. The smallest absolute Gasteiger partial charge is 0.269 e. The Kier molecular flexibility index (Phi) is 5.01. The summed E-state index contributed by atoms with van der Waals surface area (Å²) >= 11 is 12.1. The van der Waals surface area contributed by atoms with Crippen LogP contribution in [0, 0.1) is 10.1 Å². The maximum Gasteiger partial charge on any atom is 0.269 e. The highest BCUT2D eigenvalue weighted by molar-refractivity contribution is 6.37. The first-order valence-electron chi connectivity index (χ1n) is 5.96. The number of aliphatic hydroxyl groups excluding tert-OH is 1. The molecule has 21 heavy (non-hydrogen) atoms. The van der Waals surface area contributed by atoms with Gasteiger partial charge in [0.1, 0.15) is 6.61 Å². The molecule has 0 saturated heterocycles. The lowest BCUT2D eigenvalue weighted by Gasteiger charge is -2.11. The minimum absolute atomic E-state index is 0.0158. The van der Waals surface area contributed by atoms with Gasteiger partial charge in [0.05, 0.1) is 21.6 Å². The molecule has 0 heterocycles. The van der Waals surface area contributed by atoms with Crippen LogP contribution in [0.3, 0.4) is 0 Å². The highest BCUT2D eigenvalue weighted by Crippen LogP contribution is 2.34. The lowest BCUT2D eigenvalue weighted by Crippen LogP contribution is -1.98. The first-order chi connectivity index (χ1) is 10.0. The number of ether oxygens (including phenoxy) is 1. The van der Waals surface area contributed by atoms with Crippen LogP contribution < -0.4 is 4.74 Å². The van der Waals surface area contributed by atoms with E-state index in [9.17, 15) is 10.1 Å². The van der Waals surface area contributed by atoms with Gasteiger partial charge in [-0.2, -0.15) is 0 Å². The zero-order valence-corrected chi connectivity index (χ0v) is 12.3. The molecular weight excluding hydrogens is 317 g/mol. The molecule has 0 fully saturated rings. The molecule has 2 rings (SSSR count). The number of aliphatic hydroxyl groups is 1. The van der Waals surface area contributed by atoms with E-state index in [4.69, 9.17) is 33.0 Å². The lowest BCUT2D eigenvalue weighted by atomic mass is 10.2. The van der Waals surface area contributed by atoms with Gasteiger partial charge in [0.25, 0.3) is 5.69 Å². The van der Waals surface area contributed by atoms with Crippen molar-refractivity contribution in [2.45, 2.75) is 13.2 Å². The molecule has 0 amide bonds. The average molecular weight is 328 g/mol. The molecule has 0 saturated carbocycles. The summed E-state index contributed by atoms with van der Waals surface area (Å²) in [4.78, 5) is 10.1. The van der Waals surface area contributed by atoms with Gasteiger partial charge < -0.3 is 9.84 Å². The zero-order chi connectivity index (χ0) is 15.4. The van der Waals surface area contributed by atoms with Crippen molar-refractivity contribution < 1.29 is 14.8 Å². The van der Waals surface area contributed by atoms with E-state index in [2.05, 4.69) is 0 Å². The van der Waals surface area contributed by atoms with E-state index in [0.717, 1.165) is 5.56 Å². The van der Waals surface area contributed by atoms with Crippen LogP contribution in [0.15, 0.2) is 36.4 Å². The Labute approximate surface area is 130 Å². The van der Waals surface area contributed by atoms with Gasteiger partial charge in [-0.15, -0.1) is 0 Å². The van der Waals surface area contributed by atoms with Crippen molar-refractivity contribution in [2.75, 3.05) is 0 Å². The van der Waals surface area contributed by atoms with E-state index in [0.29, 0.717) is 21.4 Å². The molecule has 0 atom stereocenters. The standard InChI is InChI=1S/C14H11Cl2NO4/c15-12-5-10(7-18)6-13(16)14(12)21-8-9-1-3-11(4-2-9)17(19)20/h1-6,18H,7-8H2. The highest BCUT2D eigenvalue weighted by atomic mass is 35.5. The summed E-state index contributed by atoms with van der Waals surface area (Å²) in [6.45, 7) is 0.0119. The third-order valence-corrected chi connectivity index (χ3v) is 3.33. The number of nitro benzene ring substituents is 1. The van der Waals surface area contributed by atoms with Crippen molar-refractivity contribution in [1.29, 1.82) is 0 Å². The van der Waals surface area contributed by atoms with Crippen LogP contribution >= 0.6 is 23.2 Å². The van der Waals surface area contributed by atoms with E-state index in [1.807, 2.05) is 0 Å². The molecule has 0 radical (unpaired) electrons. The molecule has 0 aliphatic carbocycles. The number of non-ortho nitro benzene ring substituents is 1. The average Bonchev–Trinajstić information content (AvgIpc) is 2.46. The Morgan fingerprint density at radius 2 is 1.67 bits per heavy atom. The second kappa shape index (κ2) is 6.76. The molecule has 5 nitrogen and oxygen atoms in total. The summed E-state index contributed by atoms with van der Waals surface area (Å²) in [5.74, 6) is 0.314. The number of hydrogen-bond acceptors (Lipinski definition) is 4. The SMILES string of the molecule is O=[N+]([O-])c1ccc(COc2c(Cl)cc(CO)cc2Cl)cc1. The number of rotatable bonds is 5. The van der Waals surface area contributed by atoms with Gasteiger partial charge in [-0.1, -0.05) is 23.2 Å². The highest BCUT2D eigenvalue weighted by Gasteiger charge is 2.10. The van der Waals surface area contributed by atoms with Gasteiger partial charge in [0.2, 0.25) is 0 Å². The molecule has 0 spiro atoms. The third-order valence-electron chi connectivity index (χ3n) is 2.77.